The fourth-order valence-corrected chi connectivity index (χ4v) is 2.94. The number of rotatable bonds is 7. The van der Waals surface area contributed by atoms with Crippen molar-refractivity contribution >= 4 is 0 Å². The lowest BCUT2D eigenvalue weighted by Crippen LogP contribution is -2.37. The molecule has 0 radical (unpaired) electrons. The first-order chi connectivity index (χ1) is 9.98. The smallest absolute Gasteiger partial charge is 0.339 e. The van der Waals surface area contributed by atoms with Gasteiger partial charge in [0, 0.05) is 18.9 Å². The highest BCUT2D eigenvalue weighted by atomic mass is 19.4. The van der Waals surface area contributed by atoms with Gasteiger partial charge in [-0.2, -0.15) is 18.2 Å². The first-order valence-electron chi connectivity index (χ1n) is 7.59. The number of hydrogen-bond donors (Lipinski definition) is 1. The molecule has 4 nitrogen and oxygen atoms in total. The van der Waals surface area contributed by atoms with Crippen molar-refractivity contribution < 1.29 is 17.7 Å². The Morgan fingerprint density at radius 3 is 2.67 bits per heavy atom. The van der Waals surface area contributed by atoms with Gasteiger partial charge >= 0.3 is 6.18 Å². The van der Waals surface area contributed by atoms with Gasteiger partial charge < -0.3 is 9.84 Å². The lowest BCUT2D eigenvalue weighted by Gasteiger charge is -2.22. The third-order valence-electron chi connectivity index (χ3n) is 3.97. The van der Waals surface area contributed by atoms with Crippen molar-refractivity contribution in [2.75, 3.05) is 6.54 Å². The molecule has 1 N–H and O–H groups in total. The van der Waals surface area contributed by atoms with Gasteiger partial charge in [-0.3, -0.25) is 0 Å². The van der Waals surface area contributed by atoms with E-state index in [9.17, 15) is 13.2 Å². The Kier molecular flexibility index (Phi) is 5.61. The molecule has 1 atom stereocenters. The summed E-state index contributed by atoms with van der Waals surface area (Å²) >= 11 is 0. The highest BCUT2D eigenvalue weighted by Gasteiger charge is 2.29. The van der Waals surface area contributed by atoms with E-state index < -0.39 is 12.6 Å². The van der Waals surface area contributed by atoms with E-state index in [2.05, 4.69) is 15.5 Å². The Balaban J connectivity index is 1.90. The summed E-state index contributed by atoms with van der Waals surface area (Å²) in [5.41, 5.74) is 0. The van der Waals surface area contributed by atoms with Crippen LogP contribution in [0.15, 0.2) is 4.52 Å². The minimum atomic E-state index is -4.18. The molecular weight excluding hydrogens is 283 g/mol. The SMILES string of the molecule is CCNC(Cc1nc(CCC(F)(F)F)no1)C1CCCC1. The van der Waals surface area contributed by atoms with E-state index >= 15 is 0 Å². The van der Waals surface area contributed by atoms with Crippen LogP contribution in [-0.4, -0.2) is 28.9 Å². The molecule has 7 heteroatoms. The predicted octanol–water partition coefficient (Wildman–Crippen LogP) is 3.28. The zero-order valence-corrected chi connectivity index (χ0v) is 12.2. The van der Waals surface area contributed by atoms with Gasteiger partial charge in [-0.1, -0.05) is 24.9 Å². The van der Waals surface area contributed by atoms with Crippen molar-refractivity contribution in [3.8, 4) is 0 Å². The van der Waals surface area contributed by atoms with Gasteiger partial charge in [0.05, 0.1) is 6.42 Å². The number of likely N-dealkylation sites (N-methyl/N-ethyl adjacent to an activating group) is 1. The van der Waals surface area contributed by atoms with Crippen LogP contribution in [0.3, 0.4) is 0 Å². The molecule has 0 saturated heterocycles. The topological polar surface area (TPSA) is 51.0 Å². The molecule has 0 amide bonds. The molecule has 1 unspecified atom stereocenters. The van der Waals surface area contributed by atoms with Crippen molar-refractivity contribution in [3.63, 3.8) is 0 Å². The third kappa shape index (κ3) is 5.30. The average molecular weight is 305 g/mol. The number of hydrogen-bond acceptors (Lipinski definition) is 4. The Bertz CT molecular complexity index is 427. The highest BCUT2D eigenvalue weighted by molar-refractivity contribution is 4.93. The van der Waals surface area contributed by atoms with Gasteiger partial charge in [0.1, 0.15) is 0 Å². The highest BCUT2D eigenvalue weighted by Crippen LogP contribution is 2.29. The van der Waals surface area contributed by atoms with E-state index in [0.29, 0.717) is 18.2 Å². The lowest BCUT2D eigenvalue weighted by molar-refractivity contribution is -0.134. The minimum Gasteiger partial charge on any atom is -0.339 e. The van der Waals surface area contributed by atoms with E-state index in [1.165, 1.54) is 25.7 Å². The second-order valence-electron chi connectivity index (χ2n) is 5.63. The van der Waals surface area contributed by atoms with Gasteiger partial charge in [0.2, 0.25) is 5.89 Å². The second-order valence-corrected chi connectivity index (χ2v) is 5.63. The molecule has 0 aliphatic heterocycles. The Labute approximate surface area is 122 Å². The normalized spacial score (nSPS) is 18.3. The molecule has 0 aromatic carbocycles. The Hall–Kier alpha value is -1.11. The molecule has 1 aliphatic carbocycles. The summed E-state index contributed by atoms with van der Waals surface area (Å²) in [6.45, 7) is 2.90. The van der Waals surface area contributed by atoms with Crippen LogP contribution in [0.25, 0.3) is 0 Å². The number of aromatic nitrogens is 2. The third-order valence-corrected chi connectivity index (χ3v) is 3.97. The molecule has 21 heavy (non-hydrogen) atoms. The molecule has 2 rings (SSSR count). The molecule has 1 heterocycles. The molecule has 1 aromatic heterocycles. The van der Waals surface area contributed by atoms with E-state index in [1.54, 1.807) is 0 Å². The standard InChI is InChI=1S/C14H22F3N3O/c1-2-18-11(10-5-3-4-6-10)9-13-19-12(20-21-13)7-8-14(15,16)17/h10-11,18H,2-9H2,1H3. The quantitative estimate of drug-likeness (QED) is 0.840. The van der Waals surface area contributed by atoms with Gasteiger partial charge in [-0.05, 0) is 25.3 Å². The van der Waals surface area contributed by atoms with Gasteiger partial charge in [-0.25, -0.2) is 0 Å². The van der Waals surface area contributed by atoms with Crippen molar-refractivity contribution in [1.29, 1.82) is 0 Å². The summed E-state index contributed by atoms with van der Waals surface area (Å²) in [4.78, 5) is 4.09. The monoisotopic (exact) mass is 305 g/mol. The van der Waals surface area contributed by atoms with E-state index in [-0.39, 0.29) is 18.3 Å². The van der Waals surface area contributed by atoms with Crippen LogP contribution >= 0.6 is 0 Å². The van der Waals surface area contributed by atoms with Crippen molar-refractivity contribution in [2.24, 2.45) is 5.92 Å². The number of nitrogens with zero attached hydrogens (tertiary/aromatic N) is 2. The zero-order valence-electron chi connectivity index (χ0n) is 12.2. The molecule has 1 fully saturated rings. The number of nitrogens with one attached hydrogen (secondary N) is 1. The summed E-state index contributed by atoms with van der Waals surface area (Å²) in [6, 6.07) is 0.272. The maximum atomic E-state index is 12.2. The van der Waals surface area contributed by atoms with Crippen LogP contribution in [0.2, 0.25) is 0 Å². The first kappa shape index (κ1) is 16.3. The van der Waals surface area contributed by atoms with E-state index in [0.717, 1.165) is 6.54 Å². The lowest BCUT2D eigenvalue weighted by atomic mass is 9.95. The summed E-state index contributed by atoms with van der Waals surface area (Å²) < 4.78 is 41.6. The van der Waals surface area contributed by atoms with Gasteiger partial charge in [0.15, 0.2) is 5.82 Å². The largest absolute Gasteiger partial charge is 0.389 e. The Morgan fingerprint density at radius 2 is 2.05 bits per heavy atom. The average Bonchev–Trinajstić information content (AvgIpc) is 3.06. The summed E-state index contributed by atoms with van der Waals surface area (Å²) in [5, 5.41) is 7.08. The van der Waals surface area contributed by atoms with Crippen molar-refractivity contribution in [2.45, 2.75) is 64.1 Å². The molecule has 1 saturated carbocycles. The zero-order chi connectivity index (χ0) is 15.3. The number of alkyl halides is 3. The summed E-state index contributed by atoms with van der Waals surface area (Å²) in [7, 11) is 0. The predicted molar refractivity (Wildman–Crippen MR) is 71.8 cm³/mol. The van der Waals surface area contributed by atoms with E-state index in [4.69, 9.17) is 4.52 Å². The molecule has 1 aromatic rings. The summed E-state index contributed by atoms with van der Waals surface area (Å²) in [6.07, 6.45) is 0.141. The molecule has 120 valence electrons. The molecule has 0 spiro atoms. The van der Waals surface area contributed by atoms with Gasteiger partial charge in [-0.15, -0.1) is 0 Å². The Morgan fingerprint density at radius 1 is 1.33 bits per heavy atom. The summed E-state index contributed by atoms with van der Waals surface area (Å²) in [5.74, 6) is 1.17. The van der Waals surface area contributed by atoms with Crippen LogP contribution in [0.4, 0.5) is 13.2 Å². The second kappa shape index (κ2) is 7.24. The molecule has 0 bridgehead atoms. The van der Waals surface area contributed by atoms with Crippen LogP contribution in [0.1, 0.15) is 50.7 Å². The minimum absolute atomic E-state index is 0.143. The maximum Gasteiger partial charge on any atom is 0.389 e. The van der Waals surface area contributed by atoms with Crippen LogP contribution < -0.4 is 5.32 Å². The fourth-order valence-electron chi connectivity index (χ4n) is 2.94. The fraction of sp³-hybridized carbons (Fsp3) is 0.857. The number of aryl methyl sites for hydroxylation is 1. The number of halogens is 3. The van der Waals surface area contributed by atoms with Crippen LogP contribution in [0, 0.1) is 5.92 Å². The maximum absolute atomic E-state index is 12.2. The van der Waals surface area contributed by atoms with Crippen LogP contribution in [0.5, 0.6) is 0 Å². The molecular formula is C14H22F3N3O. The van der Waals surface area contributed by atoms with Gasteiger partial charge in [0.25, 0.3) is 0 Å². The van der Waals surface area contributed by atoms with Crippen LogP contribution in [-0.2, 0) is 12.8 Å². The molecule has 1 aliphatic rings. The first-order valence-corrected chi connectivity index (χ1v) is 7.59. The van der Waals surface area contributed by atoms with E-state index in [1.807, 2.05) is 6.92 Å². The van der Waals surface area contributed by atoms with Crippen molar-refractivity contribution in [1.82, 2.24) is 15.5 Å². The van der Waals surface area contributed by atoms with Crippen molar-refractivity contribution in [3.05, 3.63) is 11.7 Å².